The molecule has 2 aromatic rings. The smallest absolute Gasteiger partial charge is 0.336 e. The van der Waals surface area contributed by atoms with E-state index in [9.17, 15) is 19.8 Å². The zero-order valence-corrected chi connectivity index (χ0v) is 17.5. The second-order valence-electron chi connectivity index (χ2n) is 7.17. The molecule has 0 aliphatic rings. The molecule has 0 saturated heterocycles. The van der Waals surface area contributed by atoms with E-state index in [2.05, 4.69) is 25.7 Å². The summed E-state index contributed by atoms with van der Waals surface area (Å²) in [6, 6.07) is 11.7. The van der Waals surface area contributed by atoms with Gasteiger partial charge in [0.05, 0.1) is 11.1 Å². The number of para-hydroxylation sites is 1. The van der Waals surface area contributed by atoms with Gasteiger partial charge in [-0.2, -0.15) is 0 Å². The molecule has 0 radical (unpaired) electrons. The third-order valence-corrected chi connectivity index (χ3v) is 5.55. The van der Waals surface area contributed by atoms with Crippen LogP contribution in [0.1, 0.15) is 71.9 Å². The van der Waals surface area contributed by atoms with Crippen molar-refractivity contribution in [1.82, 2.24) is 4.90 Å². The van der Waals surface area contributed by atoms with E-state index in [-0.39, 0.29) is 22.4 Å². The van der Waals surface area contributed by atoms with Gasteiger partial charge in [0.15, 0.2) is 5.78 Å². The highest BCUT2D eigenvalue weighted by Crippen LogP contribution is 2.28. The maximum Gasteiger partial charge on any atom is 0.336 e. The number of hydrogen-bond donors (Lipinski definition) is 2. The highest BCUT2D eigenvalue weighted by molar-refractivity contribution is 6.15. The average molecular weight is 398 g/mol. The molecule has 0 saturated carbocycles. The fourth-order valence-corrected chi connectivity index (χ4v) is 3.90. The maximum atomic E-state index is 12.9. The molecule has 1 unspecified atom stereocenters. The molecule has 2 aromatic carbocycles. The van der Waals surface area contributed by atoms with E-state index in [1.807, 2.05) is 6.07 Å². The van der Waals surface area contributed by atoms with E-state index < -0.39 is 11.8 Å². The standard InChI is InChI=1S/C24H31NO4/c1-4-18(25(5-2)6-3)13-9-11-17-12-10-16-21(22(17)26)23(27)19-14-7-8-15-20(19)24(28)29/h7-8,10,12,14-16,18,26H,4-6,9,11,13H2,1-3H3,(H,28,29). The van der Waals surface area contributed by atoms with Gasteiger partial charge in [0.25, 0.3) is 0 Å². The van der Waals surface area contributed by atoms with Crippen LogP contribution in [0.25, 0.3) is 0 Å². The molecule has 0 aliphatic carbocycles. The van der Waals surface area contributed by atoms with Crippen LogP contribution in [0.15, 0.2) is 42.5 Å². The summed E-state index contributed by atoms with van der Waals surface area (Å²) in [6.07, 6.45) is 3.69. The number of ketones is 1. The van der Waals surface area contributed by atoms with Gasteiger partial charge in [-0.25, -0.2) is 4.79 Å². The first-order valence-corrected chi connectivity index (χ1v) is 10.4. The molecule has 156 valence electrons. The minimum absolute atomic E-state index is 0.0476. The van der Waals surface area contributed by atoms with E-state index >= 15 is 0 Å². The van der Waals surface area contributed by atoms with Crippen molar-refractivity contribution in [2.24, 2.45) is 0 Å². The minimum atomic E-state index is -1.16. The van der Waals surface area contributed by atoms with Crippen LogP contribution in [-0.2, 0) is 6.42 Å². The summed E-state index contributed by atoms with van der Waals surface area (Å²) >= 11 is 0. The van der Waals surface area contributed by atoms with Gasteiger partial charge in [0.1, 0.15) is 5.75 Å². The molecule has 5 heteroatoms. The zero-order chi connectivity index (χ0) is 21.4. The lowest BCUT2D eigenvalue weighted by Crippen LogP contribution is -2.34. The first-order chi connectivity index (χ1) is 13.9. The first kappa shape index (κ1) is 22.6. The number of aryl methyl sites for hydroxylation is 1. The number of hydrogen-bond acceptors (Lipinski definition) is 4. The molecule has 0 amide bonds. The Hall–Kier alpha value is -2.66. The number of phenolic OH excluding ortho intramolecular Hbond substituents is 1. The Kier molecular flexibility index (Phi) is 8.40. The summed E-state index contributed by atoms with van der Waals surface area (Å²) < 4.78 is 0. The van der Waals surface area contributed by atoms with Gasteiger partial charge in [-0.1, -0.05) is 51.1 Å². The Morgan fingerprint density at radius 2 is 1.55 bits per heavy atom. The largest absolute Gasteiger partial charge is 0.507 e. The van der Waals surface area contributed by atoms with Crippen molar-refractivity contribution in [3.8, 4) is 5.75 Å². The quantitative estimate of drug-likeness (QED) is 0.534. The zero-order valence-electron chi connectivity index (χ0n) is 17.5. The topological polar surface area (TPSA) is 77.8 Å². The monoisotopic (exact) mass is 397 g/mol. The molecule has 0 bridgehead atoms. The van der Waals surface area contributed by atoms with Gasteiger partial charge < -0.3 is 15.1 Å². The number of aromatic hydroxyl groups is 1. The first-order valence-electron chi connectivity index (χ1n) is 10.4. The number of aromatic carboxylic acids is 1. The number of carboxylic acid groups (broad SMARTS) is 1. The highest BCUT2D eigenvalue weighted by atomic mass is 16.4. The van der Waals surface area contributed by atoms with Crippen LogP contribution in [-0.4, -0.2) is 46.0 Å². The summed E-state index contributed by atoms with van der Waals surface area (Å²) in [6.45, 7) is 8.57. The van der Waals surface area contributed by atoms with E-state index in [0.717, 1.165) is 37.9 Å². The molecule has 2 rings (SSSR count). The van der Waals surface area contributed by atoms with Crippen molar-refractivity contribution in [2.45, 2.75) is 52.5 Å². The third kappa shape index (κ3) is 5.45. The molecular weight excluding hydrogens is 366 g/mol. The van der Waals surface area contributed by atoms with Crippen LogP contribution in [0.3, 0.4) is 0 Å². The van der Waals surface area contributed by atoms with Crippen LogP contribution in [0.4, 0.5) is 0 Å². The Labute approximate surface area is 173 Å². The number of nitrogens with zero attached hydrogens (tertiary/aromatic N) is 1. The molecule has 0 fully saturated rings. The number of rotatable bonds is 11. The van der Waals surface area contributed by atoms with Gasteiger partial charge in [-0.05, 0) is 56.5 Å². The van der Waals surface area contributed by atoms with Crippen molar-refractivity contribution in [1.29, 1.82) is 0 Å². The average Bonchev–Trinajstić information content (AvgIpc) is 2.73. The Morgan fingerprint density at radius 3 is 2.14 bits per heavy atom. The van der Waals surface area contributed by atoms with E-state index in [0.29, 0.717) is 12.5 Å². The van der Waals surface area contributed by atoms with Crippen LogP contribution >= 0.6 is 0 Å². The van der Waals surface area contributed by atoms with Gasteiger partial charge in [0, 0.05) is 11.6 Å². The fraction of sp³-hybridized carbons (Fsp3) is 0.417. The summed E-state index contributed by atoms with van der Waals surface area (Å²) in [5.41, 5.74) is 0.886. The lowest BCUT2D eigenvalue weighted by Gasteiger charge is -2.28. The molecule has 2 N–H and O–H groups in total. The van der Waals surface area contributed by atoms with Crippen molar-refractivity contribution in [3.63, 3.8) is 0 Å². The van der Waals surface area contributed by atoms with Crippen LogP contribution < -0.4 is 0 Å². The Bertz CT molecular complexity index is 843. The van der Waals surface area contributed by atoms with Gasteiger partial charge in [-0.15, -0.1) is 0 Å². The number of phenols is 1. The van der Waals surface area contributed by atoms with Crippen molar-refractivity contribution < 1.29 is 19.8 Å². The minimum Gasteiger partial charge on any atom is -0.507 e. The highest BCUT2D eigenvalue weighted by Gasteiger charge is 2.21. The molecule has 29 heavy (non-hydrogen) atoms. The SMILES string of the molecule is CCC(CCCc1cccc(C(=O)c2ccccc2C(=O)O)c1O)N(CC)CC. The predicted molar refractivity (Wildman–Crippen MR) is 115 cm³/mol. The van der Waals surface area contributed by atoms with Gasteiger partial charge >= 0.3 is 5.97 Å². The van der Waals surface area contributed by atoms with E-state index in [1.54, 1.807) is 24.3 Å². The summed E-state index contributed by atoms with van der Waals surface area (Å²) in [7, 11) is 0. The normalized spacial score (nSPS) is 12.1. The molecule has 0 heterocycles. The van der Waals surface area contributed by atoms with Crippen LogP contribution in [0.5, 0.6) is 5.75 Å². The Balaban J connectivity index is 2.18. The van der Waals surface area contributed by atoms with Gasteiger partial charge in [-0.3, -0.25) is 4.79 Å². The van der Waals surface area contributed by atoms with Crippen LogP contribution in [0.2, 0.25) is 0 Å². The molecule has 0 aliphatic heterocycles. The summed E-state index contributed by atoms with van der Waals surface area (Å²) in [4.78, 5) is 26.8. The maximum absolute atomic E-state index is 12.9. The molecule has 1 atom stereocenters. The summed E-state index contributed by atoms with van der Waals surface area (Å²) in [5.74, 6) is -1.68. The van der Waals surface area contributed by atoms with Gasteiger partial charge in [0.2, 0.25) is 0 Å². The van der Waals surface area contributed by atoms with Crippen molar-refractivity contribution in [3.05, 3.63) is 64.7 Å². The molecule has 5 nitrogen and oxygen atoms in total. The molecule has 0 spiro atoms. The Morgan fingerprint density at radius 1 is 0.931 bits per heavy atom. The van der Waals surface area contributed by atoms with Crippen LogP contribution in [0, 0.1) is 0 Å². The van der Waals surface area contributed by atoms with E-state index in [1.165, 1.54) is 12.1 Å². The third-order valence-electron chi connectivity index (χ3n) is 5.55. The van der Waals surface area contributed by atoms with Crippen molar-refractivity contribution in [2.75, 3.05) is 13.1 Å². The van der Waals surface area contributed by atoms with E-state index in [4.69, 9.17) is 0 Å². The van der Waals surface area contributed by atoms with Crippen molar-refractivity contribution >= 4 is 11.8 Å². The number of carbonyl (C=O) groups is 2. The molecule has 0 aromatic heterocycles. The lowest BCUT2D eigenvalue weighted by molar-refractivity contribution is 0.0692. The fourth-order valence-electron chi connectivity index (χ4n) is 3.90. The number of carboxylic acids is 1. The predicted octanol–water partition coefficient (Wildman–Crippen LogP) is 4.76. The number of benzene rings is 2. The second kappa shape index (κ2) is 10.8. The molecular formula is C24H31NO4. The summed E-state index contributed by atoms with van der Waals surface area (Å²) in [5, 5.41) is 20.0. The number of carbonyl (C=O) groups excluding carboxylic acids is 1. The second-order valence-corrected chi connectivity index (χ2v) is 7.17. The lowest BCUT2D eigenvalue weighted by atomic mass is 9.94.